The van der Waals surface area contributed by atoms with Gasteiger partial charge in [-0.2, -0.15) is 0 Å². The maximum atomic E-state index is 11.8. The molecule has 0 unspecified atom stereocenters. The number of hydrogen-bond donors (Lipinski definition) is 2. The van der Waals surface area contributed by atoms with Crippen molar-refractivity contribution in [2.45, 2.75) is 31.6 Å². The molecular formula is C13H20N2OS. The Labute approximate surface area is 107 Å². The van der Waals surface area contributed by atoms with Crippen molar-refractivity contribution >= 4 is 23.4 Å². The molecule has 0 aliphatic rings. The third kappa shape index (κ3) is 4.30. The van der Waals surface area contributed by atoms with Gasteiger partial charge in [-0.3, -0.25) is 4.79 Å². The summed E-state index contributed by atoms with van der Waals surface area (Å²) >= 11 is 1.70. The minimum Gasteiger partial charge on any atom is -0.399 e. The second-order valence-electron chi connectivity index (χ2n) is 3.82. The molecule has 0 saturated heterocycles. The molecule has 1 aromatic rings. The van der Waals surface area contributed by atoms with E-state index in [0.717, 1.165) is 29.1 Å². The van der Waals surface area contributed by atoms with Gasteiger partial charge in [0.2, 0.25) is 0 Å². The van der Waals surface area contributed by atoms with Crippen LogP contribution < -0.4 is 11.1 Å². The highest BCUT2D eigenvalue weighted by Crippen LogP contribution is 2.26. The number of carbonyl (C=O) groups excluding carboxylic acids is 1. The number of carbonyl (C=O) groups is 1. The first-order valence-electron chi connectivity index (χ1n) is 5.99. The van der Waals surface area contributed by atoms with E-state index in [2.05, 4.69) is 12.2 Å². The van der Waals surface area contributed by atoms with Crippen molar-refractivity contribution in [2.75, 3.05) is 18.0 Å². The molecule has 4 heteroatoms. The first kappa shape index (κ1) is 13.9. The van der Waals surface area contributed by atoms with Crippen LogP contribution in [-0.2, 0) is 0 Å². The van der Waals surface area contributed by atoms with Crippen LogP contribution in [0.3, 0.4) is 0 Å². The van der Waals surface area contributed by atoms with E-state index in [0.29, 0.717) is 12.2 Å². The fourth-order valence-corrected chi connectivity index (χ4v) is 2.62. The highest BCUT2D eigenvalue weighted by atomic mass is 32.2. The largest absolute Gasteiger partial charge is 0.399 e. The Kier molecular flexibility index (Phi) is 5.91. The Morgan fingerprint density at radius 1 is 1.41 bits per heavy atom. The molecule has 94 valence electrons. The first-order chi connectivity index (χ1) is 8.19. The van der Waals surface area contributed by atoms with Crippen LogP contribution in [0.4, 0.5) is 5.69 Å². The third-order valence-corrected chi connectivity index (χ3v) is 3.48. The fraction of sp³-hybridized carbons (Fsp3) is 0.462. The highest BCUT2D eigenvalue weighted by molar-refractivity contribution is 7.99. The van der Waals surface area contributed by atoms with Gasteiger partial charge in [-0.15, -0.1) is 11.8 Å². The van der Waals surface area contributed by atoms with Gasteiger partial charge in [0.1, 0.15) is 0 Å². The molecule has 0 heterocycles. The van der Waals surface area contributed by atoms with E-state index < -0.39 is 0 Å². The summed E-state index contributed by atoms with van der Waals surface area (Å²) in [5.41, 5.74) is 7.19. The molecule has 0 aromatic heterocycles. The van der Waals surface area contributed by atoms with Gasteiger partial charge in [0.25, 0.3) is 5.91 Å². The van der Waals surface area contributed by atoms with Crippen molar-refractivity contribution in [1.82, 2.24) is 5.32 Å². The number of benzene rings is 1. The molecule has 17 heavy (non-hydrogen) atoms. The van der Waals surface area contributed by atoms with Gasteiger partial charge < -0.3 is 11.1 Å². The molecule has 3 N–H and O–H groups in total. The van der Waals surface area contributed by atoms with Crippen LogP contribution in [0.5, 0.6) is 0 Å². The predicted molar refractivity (Wildman–Crippen MR) is 74.5 cm³/mol. The summed E-state index contributed by atoms with van der Waals surface area (Å²) in [6, 6.07) is 5.45. The maximum absolute atomic E-state index is 11.8. The van der Waals surface area contributed by atoms with Gasteiger partial charge in [0.05, 0.1) is 5.56 Å². The van der Waals surface area contributed by atoms with Gasteiger partial charge >= 0.3 is 0 Å². The first-order valence-corrected chi connectivity index (χ1v) is 6.98. The van der Waals surface area contributed by atoms with Crippen LogP contribution in [0.25, 0.3) is 0 Å². The Bertz CT molecular complexity index is 380. The minimum absolute atomic E-state index is 0.0218. The smallest absolute Gasteiger partial charge is 0.252 e. The quantitative estimate of drug-likeness (QED) is 0.465. The zero-order valence-electron chi connectivity index (χ0n) is 10.5. The lowest BCUT2D eigenvalue weighted by molar-refractivity contribution is 0.0953. The lowest BCUT2D eigenvalue weighted by atomic mass is 10.2. The Balaban J connectivity index is 2.83. The number of nitrogens with two attached hydrogens (primary N) is 1. The Morgan fingerprint density at radius 3 is 2.82 bits per heavy atom. The number of anilines is 1. The zero-order chi connectivity index (χ0) is 12.7. The number of nitrogen functional groups attached to an aromatic ring is 1. The Morgan fingerprint density at radius 2 is 2.18 bits per heavy atom. The average molecular weight is 252 g/mol. The average Bonchev–Trinajstić information content (AvgIpc) is 2.30. The van der Waals surface area contributed by atoms with Crippen LogP contribution in [0.1, 0.15) is 37.0 Å². The zero-order valence-corrected chi connectivity index (χ0v) is 11.3. The van der Waals surface area contributed by atoms with Gasteiger partial charge in [0, 0.05) is 17.1 Å². The number of nitrogens with one attached hydrogen (secondary N) is 1. The van der Waals surface area contributed by atoms with Crippen LogP contribution in [-0.4, -0.2) is 18.2 Å². The normalized spacial score (nSPS) is 10.2. The highest BCUT2D eigenvalue weighted by Gasteiger charge is 2.10. The molecular weight excluding hydrogens is 232 g/mol. The molecule has 0 saturated carbocycles. The summed E-state index contributed by atoms with van der Waals surface area (Å²) in [7, 11) is 0. The van der Waals surface area contributed by atoms with Gasteiger partial charge in [-0.1, -0.05) is 13.3 Å². The van der Waals surface area contributed by atoms with Crippen molar-refractivity contribution in [3.63, 3.8) is 0 Å². The van der Waals surface area contributed by atoms with Crippen LogP contribution in [0, 0.1) is 0 Å². The number of amides is 1. The second-order valence-corrected chi connectivity index (χ2v) is 4.95. The van der Waals surface area contributed by atoms with E-state index in [-0.39, 0.29) is 5.91 Å². The van der Waals surface area contributed by atoms with E-state index in [9.17, 15) is 4.79 Å². The van der Waals surface area contributed by atoms with Crippen molar-refractivity contribution in [1.29, 1.82) is 0 Å². The SMILES string of the molecule is CCCCSc1cc(N)ccc1C(=O)NCC. The number of rotatable bonds is 6. The molecule has 0 spiro atoms. The summed E-state index contributed by atoms with van der Waals surface area (Å²) < 4.78 is 0. The number of thioether (sulfide) groups is 1. The van der Waals surface area contributed by atoms with Gasteiger partial charge in [-0.05, 0) is 37.3 Å². The Hall–Kier alpha value is -1.16. The van der Waals surface area contributed by atoms with Gasteiger partial charge in [-0.25, -0.2) is 0 Å². The van der Waals surface area contributed by atoms with Crippen molar-refractivity contribution in [3.05, 3.63) is 23.8 Å². The molecule has 3 nitrogen and oxygen atoms in total. The second kappa shape index (κ2) is 7.22. The van der Waals surface area contributed by atoms with Crippen LogP contribution in [0.2, 0.25) is 0 Å². The lowest BCUT2D eigenvalue weighted by Gasteiger charge is -2.09. The summed E-state index contributed by atoms with van der Waals surface area (Å²) in [5.74, 6) is 0.998. The molecule has 0 atom stereocenters. The molecule has 0 fully saturated rings. The summed E-state index contributed by atoms with van der Waals surface area (Å²) in [4.78, 5) is 12.8. The van der Waals surface area contributed by atoms with E-state index in [1.165, 1.54) is 0 Å². The molecule has 0 aliphatic heterocycles. The third-order valence-electron chi connectivity index (χ3n) is 2.34. The number of unbranched alkanes of at least 4 members (excludes halogenated alkanes) is 1. The van der Waals surface area contributed by atoms with E-state index in [4.69, 9.17) is 5.73 Å². The number of hydrogen-bond acceptors (Lipinski definition) is 3. The molecule has 1 aromatic carbocycles. The summed E-state index contributed by atoms with van der Waals surface area (Å²) in [5, 5.41) is 2.82. The molecule has 0 radical (unpaired) electrons. The molecule has 0 bridgehead atoms. The van der Waals surface area contributed by atoms with Crippen LogP contribution >= 0.6 is 11.8 Å². The fourth-order valence-electron chi connectivity index (χ4n) is 1.43. The summed E-state index contributed by atoms with van der Waals surface area (Å²) in [6.07, 6.45) is 2.31. The van der Waals surface area contributed by atoms with Gasteiger partial charge in [0.15, 0.2) is 0 Å². The standard InChI is InChI=1S/C13H20N2OS/c1-3-5-8-17-12-9-10(14)6-7-11(12)13(16)15-4-2/h6-7,9H,3-5,8,14H2,1-2H3,(H,15,16). The molecule has 0 aliphatic carbocycles. The van der Waals surface area contributed by atoms with E-state index in [1.54, 1.807) is 23.9 Å². The topological polar surface area (TPSA) is 55.1 Å². The maximum Gasteiger partial charge on any atom is 0.252 e. The predicted octanol–water partition coefficient (Wildman–Crippen LogP) is 2.91. The van der Waals surface area contributed by atoms with Crippen molar-refractivity contribution < 1.29 is 4.79 Å². The summed E-state index contributed by atoms with van der Waals surface area (Å²) in [6.45, 7) is 4.71. The lowest BCUT2D eigenvalue weighted by Crippen LogP contribution is -2.23. The van der Waals surface area contributed by atoms with Crippen LogP contribution in [0.15, 0.2) is 23.1 Å². The van der Waals surface area contributed by atoms with Crippen molar-refractivity contribution in [2.24, 2.45) is 0 Å². The monoisotopic (exact) mass is 252 g/mol. The van der Waals surface area contributed by atoms with E-state index in [1.807, 2.05) is 13.0 Å². The molecule has 1 rings (SSSR count). The molecule has 1 amide bonds. The minimum atomic E-state index is -0.0218. The van der Waals surface area contributed by atoms with Crippen molar-refractivity contribution in [3.8, 4) is 0 Å². The van der Waals surface area contributed by atoms with E-state index >= 15 is 0 Å².